The fourth-order valence-corrected chi connectivity index (χ4v) is 3.62. The van der Waals surface area contributed by atoms with Crippen LogP contribution in [-0.2, 0) is 12.8 Å². The van der Waals surface area contributed by atoms with Gasteiger partial charge in [0, 0.05) is 12.5 Å². The average molecular weight is 346 g/mol. The van der Waals surface area contributed by atoms with Gasteiger partial charge < -0.3 is 9.94 Å². The van der Waals surface area contributed by atoms with Crippen molar-refractivity contribution in [1.82, 2.24) is 4.98 Å². The van der Waals surface area contributed by atoms with E-state index in [1.54, 1.807) is 6.08 Å². The Kier molecular flexibility index (Phi) is 4.57. The second-order valence-corrected chi connectivity index (χ2v) is 6.54. The third kappa shape index (κ3) is 3.03. The van der Waals surface area contributed by atoms with Gasteiger partial charge in [-0.2, -0.15) is 0 Å². The number of fused-ring (bicyclic) bond motifs is 2. The number of aromatic nitrogens is 2. The SMILES string of the molecule is CCOc1nc(/C=C/c2cccc3ccccc23)[n+]([O-])c2c1CCCC2. The number of hydrogen-bond acceptors (Lipinski definition) is 3. The van der Waals surface area contributed by atoms with Crippen molar-refractivity contribution in [2.24, 2.45) is 0 Å². The standard InChI is InChI=1S/C22H22N2O2/c1-2-26-22-19-12-5-6-13-20(19)24(25)21(23-22)15-14-17-10-7-9-16-8-3-4-11-18(16)17/h3-4,7-11,14-15H,2,5-6,12-13H2,1H3/b15-14+. The summed E-state index contributed by atoms with van der Waals surface area (Å²) in [6.45, 7) is 2.50. The van der Waals surface area contributed by atoms with Crippen molar-refractivity contribution in [3.63, 3.8) is 0 Å². The van der Waals surface area contributed by atoms with Crippen molar-refractivity contribution in [2.75, 3.05) is 6.61 Å². The number of benzene rings is 2. The van der Waals surface area contributed by atoms with Gasteiger partial charge in [0.25, 0.3) is 0 Å². The van der Waals surface area contributed by atoms with Gasteiger partial charge in [0.15, 0.2) is 0 Å². The molecule has 0 aliphatic heterocycles. The summed E-state index contributed by atoms with van der Waals surface area (Å²) in [6.07, 6.45) is 7.54. The largest absolute Gasteiger partial charge is 0.710 e. The molecule has 1 aliphatic rings. The molecule has 0 radical (unpaired) electrons. The van der Waals surface area contributed by atoms with Crippen LogP contribution in [0.15, 0.2) is 42.5 Å². The van der Waals surface area contributed by atoms with Crippen molar-refractivity contribution in [3.05, 3.63) is 70.3 Å². The summed E-state index contributed by atoms with van der Waals surface area (Å²) >= 11 is 0. The highest BCUT2D eigenvalue weighted by Gasteiger charge is 2.26. The predicted octanol–water partition coefficient (Wildman–Crippen LogP) is 4.32. The molecule has 1 heterocycles. The van der Waals surface area contributed by atoms with Crippen LogP contribution >= 0.6 is 0 Å². The monoisotopic (exact) mass is 346 g/mol. The fourth-order valence-electron chi connectivity index (χ4n) is 3.62. The Bertz CT molecular complexity index is 974. The molecule has 3 aromatic rings. The molecule has 0 saturated heterocycles. The van der Waals surface area contributed by atoms with E-state index in [0.29, 0.717) is 18.3 Å². The molecular weight excluding hydrogens is 324 g/mol. The summed E-state index contributed by atoms with van der Waals surface area (Å²) in [5.74, 6) is 1.01. The average Bonchev–Trinajstić information content (AvgIpc) is 2.69. The zero-order valence-corrected chi connectivity index (χ0v) is 14.9. The molecule has 0 unspecified atom stereocenters. The first-order valence-corrected chi connectivity index (χ1v) is 9.22. The maximum absolute atomic E-state index is 12.8. The van der Waals surface area contributed by atoms with E-state index in [9.17, 15) is 5.21 Å². The molecule has 4 nitrogen and oxygen atoms in total. The Balaban J connectivity index is 1.78. The number of rotatable bonds is 4. The Labute approximate surface area is 153 Å². The first-order chi connectivity index (χ1) is 12.8. The van der Waals surface area contributed by atoms with Gasteiger partial charge in [0.05, 0.1) is 12.2 Å². The number of nitrogens with zero attached hydrogens (tertiary/aromatic N) is 2. The van der Waals surface area contributed by atoms with E-state index in [4.69, 9.17) is 4.74 Å². The molecule has 132 valence electrons. The molecule has 0 amide bonds. The van der Waals surface area contributed by atoms with Crippen LogP contribution in [0.25, 0.3) is 22.9 Å². The van der Waals surface area contributed by atoms with Gasteiger partial charge >= 0.3 is 11.7 Å². The van der Waals surface area contributed by atoms with E-state index in [2.05, 4.69) is 29.2 Å². The molecule has 0 atom stereocenters. The Morgan fingerprint density at radius 1 is 1.08 bits per heavy atom. The smallest absolute Gasteiger partial charge is 0.335 e. The van der Waals surface area contributed by atoms with E-state index in [1.807, 2.05) is 31.2 Å². The first kappa shape index (κ1) is 16.6. The van der Waals surface area contributed by atoms with Gasteiger partial charge in [-0.3, -0.25) is 0 Å². The molecule has 1 aromatic heterocycles. The molecule has 2 aromatic carbocycles. The lowest BCUT2D eigenvalue weighted by atomic mass is 9.96. The molecule has 0 N–H and O–H groups in total. The lowest BCUT2D eigenvalue weighted by Crippen LogP contribution is -2.39. The van der Waals surface area contributed by atoms with Gasteiger partial charge in [-0.05, 0) is 53.6 Å². The van der Waals surface area contributed by atoms with Crippen LogP contribution in [0.2, 0.25) is 0 Å². The van der Waals surface area contributed by atoms with E-state index < -0.39 is 0 Å². The summed E-state index contributed by atoms with van der Waals surface area (Å²) in [5, 5.41) is 15.1. The maximum Gasteiger partial charge on any atom is 0.335 e. The lowest BCUT2D eigenvalue weighted by molar-refractivity contribution is -0.620. The molecule has 0 bridgehead atoms. The van der Waals surface area contributed by atoms with Crippen LogP contribution in [0.3, 0.4) is 0 Å². The van der Waals surface area contributed by atoms with Gasteiger partial charge in [0.2, 0.25) is 0 Å². The van der Waals surface area contributed by atoms with Crippen molar-refractivity contribution in [2.45, 2.75) is 32.6 Å². The Morgan fingerprint density at radius 2 is 1.88 bits per heavy atom. The fraction of sp³-hybridized carbons (Fsp3) is 0.273. The van der Waals surface area contributed by atoms with Crippen LogP contribution in [0, 0.1) is 5.21 Å². The van der Waals surface area contributed by atoms with Crippen molar-refractivity contribution in [3.8, 4) is 5.88 Å². The van der Waals surface area contributed by atoms with Gasteiger partial charge in [-0.25, -0.2) is 4.73 Å². The summed E-state index contributed by atoms with van der Waals surface area (Å²) < 4.78 is 6.71. The molecular formula is C22H22N2O2. The Morgan fingerprint density at radius 3 is 2.77 bits per heavy atom. The summed E-state index contributed by atoms with van der Waals surface area (Å²) in [4.78, 5) is 4.51. The summed E-state index contributed by atoms with van der Waals surface area (Å²) in [7, 11) is 0. The third-order valence-corrected chi connectivity index (χ3v) is 4.88. The van der Waals surface area contributed by atoms with Crippen molar-refractivity contribution >= 4 is 22.9 Å². The zero-order chi connectivity index (χ0) is 17.9. The van der Waals surface area contributed by atoms with Gasteiger partial charge in [0.1, 0.15) is 5.69 Å². The maximum atomic E-state index is 12.8. The quantitative estimate of drug-likeness (QED) is 0.522. The molecule has 4 rings (SSSR count). The minimum absolute atomic E-state index is 0.391. The van der Waals surface area contributed by atoms with Crippen LogP contribution in [-0.4, -0.2) is 11.6 Å². The highest BCUT2D eigenvalue weighted by Crippen LogP contribution is 2.27. The van der Waals surface area contributed by atoms with E-state index in [0.717, 1.165) is 52.6 Å². The molecule has 0 spiro atoms. The molecule has 0 fully saturated rings. The molecule has 4 heteroatoms. The van der Waals surface area contributed by atoms with E-state index in [1.165, 1.54) is 5.39 Å². The summed E-state index contributed by atoms with van der Waals surface area (Å²) in [6, 6.07) is 14.4. The lowest BCUT2D eigenvalue weighted by Gasteiger charge is -2.19. The van der Waals surface area contributed by atoms with Crippen LogP contribution < -0.4 is 9.47 Å². The molecule has 26 heavy (non-hydrogen) atoms. The number of hydrogen-bond donors (Lipinski definition) is 0. The minimum atomic E-state index is 0.391. The molecule has 1 aliphatic carbocycles. The second kappa shape index (κ2) is 7.16. The van der Waals surface area contributed by atoms with Crippen molar-refractivity contribution in [1.29, 1.82) is 0 Å². The zero-order valence-electron chi connectivity index (χ0n) is 14.9. The Hall–Kier alpha value is -2.88. The molecule has 0 saturated carbocycles. The van der Waals surface area contributed by atoms with Crippen LogP contribution in [0.5, 0.6) is 5.88 Å². The highest BCUT2D eigenvalue weighted by molar-refractivity contribution is 5.92. The van der Waals surface area contributed by atoms with E-state index in [-0.39, 0.29) is 0 Å². The first-order valence-electron chi connectivity index (χ1n) is 9.22. The predicted molar refractivity (Wildman–Crippen MR) is 104 cm³/mol. The topological polar surface area (TPSA) is 49.1 Å². The van der Waals surface area contributed by atoms with Crippen LogP contribution in [0.1, 0.15) is 42.4 Å². The summed E-state index contributed by atoms with van der Waals surface area (Å²) in [5.41, 5.74) is 2.86. The normalized spacial score (nSPS) is 13.9. The minimum Gasteiger partial charge on any atom is -0.710 e. The van der Waals surface area contributed by atoms with Crippen molar-refractivity contribution < 1.29 is 9.47 Å². The highest BCUT2D eigenvalue weighted by atomic mass is 16.5. The van der Waals surface area contributed by atoms with Gasteiger partial charge in [-0.1, -0.05) is 42.5 Å². The van der Waals surface area contributed by atoms with Crippen LogP contribution in [0.4, 0.5) is 0 Å². The third-order valence-electron chi connectivity index (χ3n) is 4.88. The second-order valence-electron chi connectivity index (χ2n) is 6.54. The van der Waals surface area contributed by atoms with E-state index >= 15 is 0 Å². The number of ether oxygens (including phenoxy) is 1. The van der Waals surface area contributed by atoms with Gasteiger partial charge in [-0.15, -0.1) is 0 Å².